The quantitative estimate of drug-likeness (QED) is 0.0150. The summed E-state index contributed by atoms with van der Waals surface area (Å²) in [5, 5.41) is 0. The number of rotatable bonds is 47. The van der Waals surface area contributed by atoms with Crippen LogP contribution in [-0.4, -0.2) is 55.1 Å². The van der Waals surface area contributed by atoms with Gasteiger partial charge in [0.25, 0.3) is 0 Å². The molecule has 0 spiro atoms. The lowest BCUT2D eigenvalue weighted by molar-refractivity contribution is -0.146. The molecule has 0 bridgehead atoms. The fourth-order valence-corrected chi connectivity index (χ4v) is 8.70. The molecule has 0 aliphatic heterocycles. The van der Waals surface area contributed by atoms with E-state index < -0.39 is 0 Å². The van der Waals surface area contributed by atoms with Crippen molar-refractivity contribution in [3.8, 4) is 0 Å². The standard InChI is InChI=1S/C54H100INO6/c1-8-12-16-20-24-28-32-38-51(37-31-27-23-19-15-11-4)45-53(57)61-41-33-39-59-49(6)44-52(43-48(5)47-56(7)55)60-40-34-42-62-54(58)46-50(35-29-25-21-17-13-9-2)36-30-26-22-18-14-10-3/h43-44,50-51H,6,8-42,45-47H2,1-5,7H3/b48-43+,52-44+. The van der Waals surface area contributed by atoms with Gasteiger partial charge in [0.15, 0.2) is 0 Å². The summed E-state index contributed by atoms with van der Waals surface area (Å²) in [5.41, 5.74) is 1.14. The zero-order valence-corrected chi connectivity index (χ0v) is 43.8. The van der Waals surface area contributed by atoms with Crippen molar-refractivity contribution in [2.75, 3.05) is 40.0 Å². The predicted octanol–water partition coefficient (Wildman–Crippen LogP) is 16.9. The maximum atomic E-state index is 12.9. The number of hydrogen-bond acceptors (Lipinski definition) is 7. The topological polar surface area (TPSA) is 74.3 Å². The van der Waals surface area contributed by atoms with Crippen LogP contribution in [0.15, 0.2) is 35.8 Å². The van der Waals surface area contributed by atoms with Crippen molar-refractivity contribution in [1.82, 2.24) is 3.11 Å². The van der Waals surface area contributed by atoms with E-state index in [2.05, 4.69) is 67.2 Å². The summed E-state index contributed by atoms with van der Waals surface area (Å²) in [5.74, 6) is 1.85. The number of carbonyl (C=O) groups excluding carboxylic acids is 2. The molecule has 1 atom stereocenters. The first kappa shape index (κ1) is 60.5. The molecule has 0 amide bonds. The molecule has 1 unspecified atom stereocenters. The lowest BCUT2D eigenvalue weighted by Gasteiger charge is -2.17. The first-order chi connectivity index (χ1) is 30.1. The van der Waals surface area contributed by atoms with E-state index in [-0.39, 0.29) is 11.9 Å². The molecule has 0 saturated heterocycles. The van der Waals surface area contributed by atoms with Gasteiger partial charge in [-0.3, -0.25) is 9.59 Å². The normalized spacial score (nSPS) is 12.6. The van der Waals surface area contributed by atoms with E-state index in [0.29, 0.717) is 75.5 Å². The fraction of sp³-hybridized carbons (Fsp3) is 0.852. The Morgan fingerprint density at radius 2 is 0.806 bits per heavy atom. The largest absolute Gasteiger partial charge is 0.494 e. The molecule has 7 nitrogen and oxygen atoms in total. The monoisotopic (exact) mass is 986 g/mol. The average Bonchev–Trinajstić information content (AvgIpc) is 3.23. The second-order valence-corrected chi connectivity index (χ2v) is 20.0. The molecule has 0 aromatic heterocycles. The van der Waals surface area contributed by atoms with Crippen molar-refractivity contribution in [2.45, 2.75) is 247 Å². The highest BCUT2D eigenvalue weighted by atomic mass is 127. The zero-order chi connectivity index (χ0) is 45.7. The van der Waals surface area contributed by atoms with E-state index >= 15 is 0 Å². The predicted molar refractivity (Wildman–Crippen MR) is 273 cm³/mol. The van der Waals surface area contributed by atoms with E-state index in [0.717, 1.165) is 37.8 Å². The summed E-state index contributed by atoms with van der Waals surface area (Å²) in [4.78, 5) is 25.8. The molecule has 62 heavy (non-hydrogen) atoms. The Labute approximate surface area is 398 Å². The van der Waals surface area contributed by atoms with E-state index in [1.165, 1.54) is 161 Å². The summed E-state index contributed by atoms with van der Waals surface area (Å²) in [7, 11) is 2.03. The number of ether oxygens (including phenoxy) is 4. The van der Waals surface area contributed by atoms with Crippen LogP contribution >= 0.6 is 22.9 Å². The van der Waals surface area contributed by atoms with Crippen molar-refractivity contribution in [3.63, 3.8) is 0 Å². The van der Waals surface area contributed by atoms with Crippen LogP contribution in [0.4, 0.5) is 0 Å². The van der Waals surface area contributed by atoms with E-state index in [4.69, 9.17) is 18.9 Å². The number of nitrogens with zero attached hydrogens (tertiary/aromatic N) is 1. The third-order valence-corrected chi connectivity index (χ3v) is 12.2. The van der Waals surface area contributed by atoms with Crippen molar-refractivity contribution < 1.29 is 28.5 Å². The average molecular weight is 986 g/mol. The SMILES string of the molecule is C=C(/C=C(\C=C(/C)CN(C)I)OCCCOC(=O)CC(CCCCCCCC)CCCCCCCC)OCCCOC(=O)CC(CCCCCCCC)CCCCCCCCC. The first-order valence-electron chi connectivity index (χ1n) is 26.2. The van der Waals surface area contributed by atoms with E-state index in [1.54, 1.807) is 0 Å². The van der Waals surface area contributed by atoms with Gasteiger partial charge in [-0.05, 0) is 57.6 Å². The summed E-state index contributed by atoms with van der Waals surface area (Å²) in [6, 6.07) is 0. The molecule has 8 heteroatoms. The van der Waals surface area contributed by atoms with Crippen LogP contribution in [0.1, 0.15) is 247 Å². The van der Waals surface area contributed by atoms with Gasteiger partial charge < -0.3 is 18.9 Å². The number of halogens is 1. The summed E-state index contributed by atoms with van der Waals surface area (Å²) < 4.78 is 25.6. The van der Waals surface area contributed by atoms with Gasteiger partial charge in [-0.1, -0.05) is 200 Å². The van der Waals surface area contributed by atoms with Gasteiger partial charge in [-0.25, -0.2) is 3.11 Å². The van der Waals surface area contributed by atoms with Gasteiger partial charge in [-0.2, -0.15) is 0 Å². The molecule has 0 aliphatic rings. The van der Waals surface area contributed by atoms with Gasteiger partial charge in [0.1, 0.15) is 11.5 Å². The van der Waals surface area contributed by atoms with Gasteiger partial charge in [0, 0.05) is 61.2 Å². The van der Waals surface area contributed by atoms with Crippen LogP contribution in [0.25, 0.3) is 0 Å². The maximum absolute atomic E-state index is 12.9. The Bertz CT molecular complexity index is 1090. The van der Waals surface area contributed by atoms with Crippen LogP contribution < -0.4 is 0 Å². The van der Waals surface area contributed by atoms with Crippen molar-refractivity contribution in [2.24, 2.45) is 11.8 Å². The molecule has 0 radical (unpaired) electrons. The van der Waals surface area contributed by atoms with E-state index in [9.17, 15) is 9.59 Å². The molecule has 0 saturated carbocycles. The molecule has 0 aliphatic carbocycles. The number of allylic oxidation sites excluding steroid dienone is 2. The number of unbranched alkanes of at least 4 members (excludes halogenated alkanes) is 21. The van der Waals surface area contributed by atoms with Crippen LogP contribution in [0, 0.1) is 11.8 Å². The molecule has 364 valence electrons. The van der Waals surface area contributed by atoms with Gasteiger partial charge in [-0.15, -0.1) is 0 Å². The van der Waals surface area contributed by atoms with Gasteiger partial charge in [0.05, 0.1) is 26.4 Å². The number of likely N-dealkylation sites (N-methyl/N-ethyl adjacent to an activating group) is 1. The summed E-state index contributed by atoms with van der Waals surface area (Å²) >= 11 is 2.28. The lowest BCUT2D eigenvalue weighted by Crippen LogP contribution is -2.14. The molecule has 0 heterocycles. The molecule has 0 N–H and O–H groups in total. The number of carbonyl (C=O) groups is 2. The van der Waals surface area contributed by atoms with Gasteiger partial charge in [0.2, 0.25) is 0 Å². The minimum absolute atomic E-state index is 0.0764. The Morgan fingerprint density at radius 3 is 1.16 bits per heavy atom. The molecular formula is C54H100INO6. The number of esters is 2. The molecule has 0 rings (SSSR count). The Balaban J connectivity index is 4.90. The highest BCUT2D eigenvalue weighted by molar-refractivity contribution is 14.1. The van der Waals surface area contributed by atoms with Crippen LogP contribution in [-0.2, 0) is 28.5 Å². The fourth-order valence-electron chi connectivity index (χ4n) is 8.16. The third-order valence-electron chi connectivity index (χ3n) is 11.8. The highest BCUT2D eigenvalue weighted by Crippen LogP contribution is 2.25. The highest BCUT2D eigenvalue weighted by Gasteiger charge is 2.17. The number of hydrogen-bond donors (Lipinski definition) is 0. The maximum Gasteiger partial charge on any atom is 0.306 e. The minimum atomic E-state index is -0.0778. The van der Waals surface area contributed by atoms with Crippen LogP contribution in [0.3, 0.4) is 0 Å². The van der Waals surface area contributed by atoms with Crippen molar-refractivity contribution in [3.05, 3.63) is 35.8 Å². The Morgan fingerprint density at radius 1 is 0.484 bits per heavy atom. The molecule has 0 fully saturated rings. The minimum Gasteiger partial charge on any atom is -0.494 e. The molecular weight excluding hydrogens is 885 g/mol. The van der Waals surface area contributed by atoms with Crippen LogP contribution in [0.2, 0.25) is 0 Å². The third kappa shape index (κ3) is 42.4. The smallest absolute Gasteiger partial charge is 0.306 e. The molecule has 0 aromatic carbocycles. The van der Waals surface area contributed by atoms with E-state index in [1.807, 2.05) is 19.2 Å². The first-order valence-corrected chi connectivity index (χ1v) is 27.1. The Hall–Kier alpha value is -1.55. The van der Waals surface area contributed by atoms with Gasteiger partial charge >= 0.3 is 11.9 Å². The molecule has 0 aromatic rings. The van der Waals surface area contributed by atoms with Crippen molar-refractivity contribution >= 4 is 34.8 Å². The second-order valence-electron chi connectivity index (χ2n) is 18.3. The summed E-state index contributed by atoms with van der Waals surface area (Å²) in [6.45, 7) is 17.5. The lowest BCUT2D eigenvalue weighted by atomic mass is 9.91. The zero-order valence-electron chi connectivity index (χ0n) is 41.7. The Kier molecular flexibility index (Phi) is 44.8. The second kappa shape index (κ2) is 46.0. The van der Waals surface area contributed by atoms with Crippen molar-refractivity contribution in [1.29, 1.82) is 0 Å². The summed E-state index contributed by atoms with van der Waals surface area (Å²) in [6.07, 6.45) is 42.8. The van der Waals surface area contributed by atoms with Crippen LogP contribution in [0.5, 0.6) is 0 Å².